The normalized spacial score (nSPS) is 10.7. The van der Waals surface area contributed by atoms with Crippen LogP contribution in [0.1, 0.15) is 27.3 Å². The number of nitrogens with one attached hydrogen (secondary N) is 2. The summed E-state index contributed by atoms with van der Waals surface area (Å²) in [5, 5.41) is 5.95. The molecule has 0 aliphatic rings. The van der Waals surface area contributed by atoms with E-state index in [1.165, 1.54) is 5.56 Å². The minimum absolute atomic E-state index is 0.0156. The van der Waals surface area contributed by atoms with Gasteiger partial charge in [-0.1, -0.05) is 18.2 Å². The van der Waals surface area contributed by atoms with Gasteiger partial charge in [-0.15, -0.1) is 0 Å². The highest BCUT2D eigenvalue weighted by molar-refractivity contribution is 5.95. The van der Waals surface area contributed by atoms with Crippen molar-refractivity contribution < 1.29 is 4.79 Å². The van der Waals surface area contributed by atoms with Crippen LogP contribution >= 0.6 is 0 Å². The summed E-state index contributed by atoms with van der Waals surface area (Å²) in [6, 6.07) is 10.2. The second-order valence-electron chi connectivity index (χ2n) is 5.27. The lowest BCUT2D eigenvalue weighted by Gasteiger charge is -2.12. The number of hydrogen-bond acceptors (Lipinski definition) is 2. The van der Waals surface area contributed by atoms with Crippen molar-refractivity contribution in [3.8, 4) is 5.69 Å². The largest absolute Gasteiger partial charge is 0.351 e. The zero-order valence-corrected chi connectivity index (χ0v) is 13.2. The summed E-state index contributed by atoms with van der Waals surface area (Å²) in [6.07, 6.45) is 0. The first-order valence-electron chi connectivity index (χ1n) is 7.24. The van der Waals surface area contributed by atoms with Gasteiger partial charge in [-0.3, -0.25) is 4.79 Å². The summed E-state index contributed by atoms with van der Waals surface area (Å²) < 4.78 is 2.14. The summed E-state index contributed by atoms with van der Waals surface area (Å²) in [5.74, 6) is -0.0156. The Morgan fingerprint density at radius 3 is 2.52 bits per heavy atom. The molecular formula is C17H23N3O. The fourth-order valence-corrected chi connectivity index (χ4v) is 2.57. The maximum Gasteiger partial charge on any atom is 0.253 e. The number of nitrogens with zero attached hydrogens (tertiary/aromatic N) is 1. The Kier molecular flexibility index (Phi) is 4.81. The number of benzene rings is 1. The molecule has 0 aliphatic heterocycles. The van der Waals surface area contributed by atoms with Crippen LogP contribution in [0.25, 0.3) is 5.69 Å². The first kappa shape index (κ1) is 15.3. The fourth-order valence-electron chi connectivity index (χ4n) is 2.57. The zero-order chi connectivity index (χ0) is 15.4. The predicted octanol–water partition coefficient (Wildman–Crippen LogP) is 2.35. The topological polar surface area (TPSA) is 46.1 Å². The van der Waals surface area contributed by atoms with Crippen molar-refractivity contribution in [1.82, 2.24) is 15.2 Å². The summed E-state index contributed by atoms with van der Waals surface area (Å²) in [6.45, 7) is 7.50. The van der Waals surface area contributed by atoms with E-state index >= 15 is 0 Å². The average molecular weight is 285 g/mol. The SMILES string of the molecule is CNCCNC(=O)c1cc(C)n(-c2ccccc2C)c1C. The van der Waals surface area contributed by atoms with E-state index in [2.05, 4.69) is 34.3 Å². The minimum atomic E-state index is -0.0156. The molecule has 2 aromatic rings. The Morgan fingerprint density at radius 2 is 1.86 bits per heavy atom. The van der Waals surface area contributed by atoms with Crippen molar-refractivity contribution in [2.24, 2.45) is 0 Å². The van der Waals surface area contributed by atoms with E-state index in [0.29, 0.717) is 6.54 Å². The lowest BCUT2D eigenvalue weighted by Crippen LogP contribution is -2.30. The van der Waals surface area contributed by atoms with Gasteiger partial charge in [0.1, 0.15) is 0 Å². The molecule has 0 spiro atoms. The van der Waals surface area contributed by atoms with E-state index in [0.717, 1.165) is 29.2 Å². The Bertz CT molecular complexity index is 643. The van der Waals surface area contributed by atoms with E-state index in [9.17, 15) is 4.79 Å². The van der Waals surface area contributed by atoms with E-state index in [1.807, 2.05) is 39.1 Å². The second-order valence-corrected chi connectivity index (χ2v) is 5.27. The maximum atomic E-state index is 12.3. The first-order valence-corrected chi connectivity index (χ1v) is 7.24. The third kappa shape index (κ3) is 3.16. The van der Waals surface area contributed by atoms with Crippen molar-refractivity contribution in [1.29, 1.82) is 0 Å². The number of aryl methyl sites for hydroxylation is 2. The molecule has 21 heavy (non-hydrogen) atoms. The molecular weight excluding hydrogens is 262 g/mol. The van der Waals surface area contributed by atoms with Gasteiger partial charge in [0.15, 0.2) is 0 Å². The van der Waals surface area contributed by atoms with Crippen molar-refractivity contribution in [2.75, 3.05) is 20.1 Å². The molecule has 4 nitrogen and oxygen atoms in total. The molecule has 0 fully saturated rings. The van der Waals surface area contributed by atoms with Gasteiger partial charge < -0.3 is 15.2 Å². The minimum Gasteiger partial charge on any atom is -0.351 e. The molecule has 1 aromatic heterocycles. The smallest absolute Gasteiger partial charge is 0.253 e. The highest BCUT2D eigenvalue weighted by Gasteiger charge is 2.16. The number of amides is 1. The van der Waals surface area contributed by atoms with E-state index < -0.39 is 0 Å². The van der Waals surface area contributed by atoms with Crippen LogP contribution in [0.5, 0.6) is 0 Å². The molecule has 0 unspecified atom stereocenters. The molecule has 1 heterocycles. The van der Waals surface area contributed by atoms with Crippen LogP contribution in [0.15, 0.2) is 30.3 Å². The summed E-state index contributed by atoms with van der Waals surface area (Å²) >= 11 is 0. The van der Waals surface area contributed by atoms with E-state index in [-0.39, 0.29) is 5.91 Å². The third-order valence-electron chi connectivity index (χ3n) is 3.69. The maximum absolute atomic E-state index is 12.3. The van der Waals surface area contributed by atoms with Crippen LogP contribution in [0, 0.1) is 20.8 Å². The number of likely N-dealkylation sites (N-methyl/N-ethyl adjacent to an activating group) is 1. The van der Waals surface area contributed by atoms with Crippen molar-refractivity contribution >= 4 is 5.91 Å². The Balaban J connectivity index is 2.34. The van der Waals surface area contributed by atoms with Gasteiger partial charge in [0, 0.05) is 30.2 Å². The van der Waals surface area contributed by atoms with E-state index in [4.69, 9.17) is 0 Å². The highest BCUT2D eigenvalue weighted by atomic mass is 16.1. The van der Waals surface area contributed by atoms with Crippen LogP contribution in [0.4, 0.5) is 0 Å². The highest BCUT2D eigenvalue weighted by Crippen LogP contribution is 2.23. The standard InChI is InChI=1S/C17H23N3O/c1-12-7-5-6-8-16(12)20-13(2)11-15(14(20)3)17(21)19-10-9-18-4/h5-8,11,18H,9-10H2,1-4H3,(H,19,21). The lowest BCUT2D eigenvalue weighted by molar-refractivity contribution is 0.0953. The molecule has 112 valence electrons. The number of rotatable bonds is 5. The molecule has 0 bridgehead atoms. The van der Waals surface area contributed by atoms with Crippen molar-refractivity contribution in [3.63, 3.8) is 0 Å². The molecule has 1 amide bonds. The molecule has 0 radical (unpaired) electrons. The molecule has 0 saturated carbocycles. The van der Waals surface area contributed by atoms with Gasteiger partial charge in [0.05, 0.1) is 5.56 Å². The van der Waals surface area contributed by atoms with Crippen LogP contribution < -0.4 is 10.6 Å². The average Bonchev–Trinajstić information content (AvgIpc) is 2.75. The van der Waals surface area contributed by atoms with Crippen LogP contribution in [0.2, 0.25) is 0 Å². The Labute approximate surface area is 126 Å². The first-order chi connectivity index (χ1) is 10.1. The quantitative estimate of drug-likeness (QED) is 0.828. The number of aromatic nitrogens is 1. The zero-order valence-electron chi connectivity index (χ0n) is 13.2. The van der Waals surface area contributed by atoms with Gasteiger partial charge in [-0.2, -0.15) is 0 Å². The predicted molar refractivity (Wildman–Crippen MR) is 86.2 cm³/mol. The van der Waals surface area contributed by atoms with Crippen LogP contribution in [-0.2, 0) is 0 Å². The molecule has 4 heteroatoms. The van der Waals surface area contributed by atoms with Crippen molar-refractivity contribution in [2.45, 2.75) is 20.8 Å². The number of carbonyl (C=O) groups is 1. The number of para-hydroxylation sites is 1. The number of hydrogen-bond donors (Lipinski definition) is 2. The van der Waals surface area contributed by atoms with Gasteiger partial charge in [0.25, 0.3) is 5.91 Å². The summed E-state index contributed by atoms with van der Waals surface area (Å²) in [7, 11) is 1.87. The molecule has 2 N–H and O–H groups in total. The Morgan fingerprint density at radius 1 is 1.14 bits per heavy atom. The van der Waals surface area contributed by atoms with Gasteiger partial charge >= 0.3 is 0 Å². The van der Waals surface area contributed by atoms with E-state index in [1.54, 1.807) is 0 Å². The third-order valence-corrected chi connectivity index (χ3v) is 3.69. The fraction of sp³-hybridized carbons (Fsp3) is 0.353. The second kappa shape index (κ2) is 6.59. The Hall–Kier alpha value is -2.07. The van der Waals surface area contributed by atoms with Gasteiger partial charge in [0.2, 0.25) is 0 Å². The van der Waals surface area contributed by atoms with Crippen LogP contribution in [-0.4, -0.2) is 30.6 Å². The lowest BCUT2D eigenvalue weighted by atomic mass is 10.2. The molecule has 0 aliphatic carbocycles. The van der Waals surface area contributed by atoms with Crippen molar-refractivity contribution in [3.05, 3.63) is 52.8 Å². The van der Waals surface area contributed by atoms with Gasteiger partial charge in [-0.05, 0) is 45.5 Å². The van der Waals surface area contributed by atoms with Gasteiger partial charge in [-0.25, -0.2) is 0 Å². The monoisotopic (exact) mass is 285 g/mol. The molecule has 0 saturated heterocycles. The molecule has 1 aromatic carbocycles. The number of carbonyl (C=O) groups excluding carboxylic acids is 1. The van der Waals surface area contributed by atoms with Crippen LogP contribution in [0.3, 0.4) is 0 Å². The summed E-state index contributed by atoms with van der Waals surface area (Å²) in [4.78, 5) is 12.3. The molecule has 0 atom stereocenters. The molecule has 2 rings (SSSR count). The summed E-state index contributed by atoms with van der Waals surface area (Å²) in [5.41, 5.74) is 5.11.